The fourth-order valence-electron chi connectivity index (χ4n) is 3.33. The van der Waals surface area contributed by atoms with Crippen LogP contribution in [0.25, 0.3) is 11.1 Å². The van der Waals surface area contributed by atoms with Crippen LogP contribution in [0.4, 0.5) is 0 Å². The second-order valence-electron chi connectivity index (χ2n) is 6.60. The van der Waals surface area contributed by atoms with Crippen LogP contribution < -0.4 is 10.1 Å². The van der Waals surface area contributed by atoms with Gasteiger partial charge in [0, 0.05) is 6.54 Å². The van der Waals surface area contributed by atoms with Gasteiger partial charge < -0.3 is 15.2 Å². The van der Waals surface area contributed by atoms with Crippen molar-refractivity contribution in [2.24, 2.45) is 0 Å². The molecule has 0 unspecified atom stereocenters. The van der Waals surface area contributed by atoms with Gasteiger partial charge in [-0.3, -0.25) is 0 Å². The Morgan fingerprint density at radius 1 is 0.857 bits per heavy atom. The molecule has 0 aliphatic carbocycles. The molecule has 0 aliphatic rings. The third-order valence-electron chi connectivity index (χ3n) is 4.68. The number of hydrogen-bond donors (Lipinski definition) is 2. The monoisotopic (exact) mass is 373 g/mol. The van der Waals surface area contributed by atoms with Gasteiger partial charge in [0.1, 0.15) is 18.1 Å². The van der Waals surface area contributed by atoms with Crippen LogP contribution in [-0.4, -0.2) is 25.3 Å². The molecule has 0 aromatic heterocycles. The number of likely N-dealkylation sites (N-methyl/N-ethyl adjacent to an activating group) is 1. The van der Waals surface area contributed by atoms with Crippen LogP contribution in [0.5, 0.6) is 11.5 Å². The number of aromatic hydroxyl groups is 1. The average Bonchev–Trinajstić information content (AvgIpc) is 2.73. The Balaban J connectivity index is 2.08. The Morgan fingerprint density at radius 3 is 2.21 bits per heavy atom. The van der Waals surface area contributed by atoms with Gasteiger partial charge in [0.2, 0.25) is 0 Å². The molecule has 0 aliphatic heterocycles. The summed E-state index contributed by atoms with van der Waals surface area (Å²) >= 11 is 0. The number of phenolic OH excluding ortho intramolecular Hbond substituents is 1. The first-order chi connectivity index (χ1) is 13.7. The molecular formula is C25H27NO2. The third-order valence-corrected chi connectivity index (χ3v) is 4.68. The highest BCUT2D eigenvalue weighted by Crippen LogP contribution is 2.35. The van der Waals surface area contributed by atoms with Gasteiger partial charge in [0.25, 0.3) is 0 Å². The van der Waals surface area contributed by atoms with Crippen molar-refractivity contribution in [3.8, 4) is 11.5 Å². The second-order valence-corrected chi connectivity index (χ2v) is 6.60. The summed E-state index contributed by atoms with van der Waals surface area (Å²) in [5.41, 5.74) is 5.68. The molecule has 2 N–H and O–H groups in total. The lowest BCUT2D eigenvalue weighted by Crippen LogP contribution is -2.15. The quantitative estimate of drug-likeness (QED) is 0.413. The maximum Gasteiger partial charge on any atom is 0.119 e. The molecular weight excluding hydrogens is 346 g/mol. The number of ether oxygens (including phenoxy) is 1. The molecule has 0 atom stereocenters. The maximum absolute atomic E-state index is 10.0. The van der Waals surface area contributed by atoms with Crippen LogP contribution in [0.15, 0.2) is 78.9 Å². The zero-order chi connectivity index (χ0) is 19.8. The van der Waals surface area contributed by atoms with Gasteiger partial charge in [0.15, 0.2) is 0 Å². The Labute approximate surface area is 167 Å². The summed E-state index contributed by atoms with van der Waals surface area (Å²) in [6, 6.07) is 26.1. The first kappa shape index (κ1) is 19.7. The molecule has 0 amide bonds. The highest BCUT2D eigenvalue weighted by Gasteiger charge is 2.13. The number of benzene rings is 3. The van der Waals surface area contributed by atoms with Gasteiger partial charge in [-0.1, -0.05) is 61.5 Å². The lowest BCUT2D eigenvalue weighted by molar-refractivity contribution is 0.318. The molecule has 28 heavy (non-hydrogen) atoms. The third kappa shape index (κ3) is 4.81. The van der Waals surface area contributed by atoms with E-state index < -0.39 is 0 Å². The number of nitrogens with one attached hydrogen (secondary N) is 1. The van der Waals surface area contributed by atoms with Gasteiger partial charge in [-0.05, 0) is 65.6 Å². The minimum Gasteiger partial charge on any atom is -0.508 e. The van der Waals surface area contributed by atoms with E-state index in [1.807, 2.05) is 43.4 Å². The first-order valence-corrected chi connectivity index (χ1v) is 9.68. The molecule has 3 aromatic carbocycles. The molecule has 0 saturated heterocycles. The minimum atomic E-state index is 0.269. The average molecular weight is 373 g/mol. The molecule has 3 rings (SSSR count). The van der Waals surface area contributed by atoms with Crippen LogP contribution >= 0.6 is 0 Å². The molecule has 3 nitrogen and oxygen atoms in total. The van der Waals surface area contributed by atoms with Gasteiger partial charge in [-0.2, -0.15) is 0 Å². The van der Waals surface area contributed by atoms with Gasteiger partial charge >= 0.3 is 0 Å². The number of allylic oxidation sites excluding steroid dienone is 1. The summed E-state index contributed by atoms with van der Waals surface area (Å²) in [5, 5.41) is 13.1. The van der Waals surface area contributed by atoms with E-state index in [1.165, 1.54) is 11.1 Å². The predicted octanol–water partition coefficient (Wildman–Crippen LogP) is 5.36. The summed E-state index contributed by atoms with van der Waals surface area (Å²) in [7, 11) is 1.91. The van der Waals surface area contributed by atoms with Crippen molar-refractivity contribution in [3.05, 3.63) is 95.6 Å². The fraction of sp³-hybridized carbons (Fsp3) is 0.200. The standard InChI is InChI=1S/C25H27NO2/c1-3-24(19-8-5-4-6-9-19)25(21-10-7-11-22(27)18-21)20-12-14-23(15-13-20)28-17-16-26-2/h4-15,18,26-27H,3,16-17H2,1-2H3/b25-24+. The topological polar surface area (TPSA) is 41.5 Å². The molecule has 144 valence electrons. The highest BCUT2D eigenvalue weighted by molar-refractivity contribution is 5.98. The smallest absolute Gasteiger partial charge is 0.119 e. The number of rotatable bonds is 8. The van der Waals surface area contributed by atoms with Crippen LogP contribution in [0.3, 0.4) is 0 Å². The zero-order valence-corrected chi connectivity index (χ0v) is 16.5. The van der Waals surface area contributed by atoms with Crippen molar-refractivity contribution in [1.82, 2.24) is 5.32 Å². The van der Waals surface area contributed by atoms with Crippen molar-refractivity contribution in [1.29, 1.82) is 0 Å². The van der Waals surface area contributed by atoms with Gasteiger partial charge in [0.05, 0.1) is 0 Å². The Morgan fingerprint density at radius 2 is 1.57 bits per heavy atom. The van der Waals surface area contributed by atoms with Crippen LogP contribution in [0.1, 0.15) is 30.0 Å². The van der Waals surface area contributed by atoms with E-state index >= 15 is 0 Å². The zero-order valence-electron chi connectivity index (χ0n) is 16.5. The lowest BCUT2D eigenvalue weighted by atomic mass is 9.88. The van der Waals surface area contributed by atoms with Crippen LogP contribution in [0, 0.1) is 0 Å². The van der Waals surface area contributed by atoms with E-state index in [0.29, 0.717) is 6.61 Å². The summed E-state index contributed by atoms with van der Waals surface area (Å²) in [6.07, 6.45) is 0.884. The maximum atomic E-state index is 10.0. The normalized spacial score (nSPS) is 11.8. The SMILES string of the molecule is CC/C(=C(/c1ccc(OCCNC)cc1)c1cccc(O)c1)c1ccccc1. The second kappa shape index (κ2) is 9.77. The van der Waals surface area contributed by atoms with Crippen LogP contribution in [-0.2, 0) is 0 Å². The van der Waals surface area contributed by atoms with Crippen molar-refractivity contribution in [2.75, 3.05) is 20.2 Å². The Kier molecular flexibility index (Phi) is 6.88. The minimum absolute atomic E-state index is 0.269. The number of phenols is 1. The molecule has 3 aromatic rings. The molecule has 3 heteroatoms. The summed E-state index contributed by atoms with van der Waals surface area (Å²) < 4.78 is 5.76. The molecule has 0 bridgehead atoms. The Bertz CT molecular complexity index is 915. The summed E-state index contributed by atoms with van der Waals surface area (Å²) in [6.45, 7) is 3.61. The molecule has 0 heterocycles. The molecule has 0 fully saturated rings. The van der Waals surface area contributed by atoms with Crippen molar-refractivity contribution < 1.29 is 9.84 Å². The van der Waals surface area contributed by atoms with Gasteiger partial charge in [-0.25, -0.2) is 0 Å². The highest BCUT2D eigenvalue weighted by atomic mass is 16.5. The predicted molar refractivity (Wildman–Crippen MR) is 117 cm³/mol. The summed E-state index contributed by atoms with van der Waals surface area (Å²) in [5.74, 6) is 1.12. The van der Waals surface area contributed by atoms with E-state index in [0.717, 1.165) is 35.4 Å². The lowest BCUT2D eigenvalue weighted by Gasteiger charge is -2.17. The van der Waals surface area contributed by atoms with E-state index in [-0.39, 0.29) is 5.75 Å². The number of hydrogen-bond acceptors (Lipinski definition) is 3. The molecule has 0 radical (unpaired) electrons. The molecule has 0 spiro atoms. The van der Waals surface area contributed by atoms with Crippen molar-refractivity contribution in [3.63, 3.8) is 0 Å². The van der Waals surface area contributed by atoms with Crippen LogP contribution in [0.2, 0.25) is 0 Å². The van der Waals surface area contributed by atoms with Gasteiger partial charge in [-0.15, -0.1) is 0 Å². The van der Waals surface area contributed by atoms with E-state index in [9.17, 15) is 5.11 Å². The van der Waals surface area contributed by atoms with E-state index in [2.05, 4.69) is 48.6 Å². The van der Waals surface area contributed by atoms with Crippen molar-refractivity contribution in [2.45, 2.75) is 13.3 Å². The first-order valence-electron chi connectivity index (χ1n) is 9.68. The Hall–Kier alpha value is -3.04. The van der Waals surface area contributed by atoms with E-state index in [1.54, 1.807) is 6.07 Å². The van der Waals surface area contributed by atoms with E-state index in [4.69, 9.17) is 4.74 Å². The largest absolute Gasteiger partial charge is 0.508 e. The summed E-state index contributed by atoms with van der Waals surface area (Å²) in [4.78, 5) is 0. The molecule has 0 saturated carbocycles. The van der Waals surface area contributed by atoms with Crippen molar-refractivity contribution >= 4 is 11.1 Å². The fourth-order valence-corrected chi connectivity index (χ4v) is 3.33.